The lowest BCUT2D eigenvalue weighted by Crippen LogP contribution is -2.49. The number of rotatable bonds is 10. The number of aromatic nitrogens is 1. The van der Waals surface area contributed by atoms with E-state index in [1.807, 2.05) is 45.0 Å². The van der Waals surface area contributed by atoms with Crippen molar-refractivity contribution in [3.8, 4) is 16.9 Å². The van der Waals surface area contributed by atoms with Crippen LogP contribution in [0.3, 0.4) is 0 Å². The highest BCUT2D eigenvalue weighted by molar-refractivity contribution is 5.79. The van der Waals surface area contributed by atoms with Crippen LogP contribution in [0.1, 0.15) is 48.5 Å². The van der Waals surface area contributed by atoms with Gasteiger partial charge in [0.05, 0.1) is 0 Å². The van der Waals surface area contributed by atoms with Crippen molar-refractivity contribution in [3.63, 3.8) is 0 Å². The van der Waals surface area contributed by atoms with Crippen LogP contribution in [0.4, 0.5) is 10.6 Å². The molecule has 10 heteroatoms. The number of benzene rings is 1. The molecule has 0 aliphatic rings. The van der Waals surface area contributed by atoms with Gasteiger partial charge in [-0.3, -0.25) is 4.84 Å². The molecule has 1 heterocycles. The largest absolute Gasteiger partial charge is 0.490 e. The van der Waals surface area contributed by atoms with Crippen molar-refractivity contribution in [1.29, 1.82) is 0 Å². The first-order valence-corrected chi connectivity index (χ1v) is 11.7. The van der Waals surface area contributed by atoms with Gasteiger partial charge in [-0.15, -0.1) is 0 Å². The number of esters is 1. The van der Waals surface area contributed by atoms with Crippen LogP contribution in [0.15, 0.2) is 42.6 Å². The molecule has 0 saturated carbocycles. The van der Waals surface area contributed by atoms with Gasteiger partial charge in [0.2, 0.25) is 5.60 Å². The molecule has 1 unspecified atom stereocenters. The van der Waals surface area contributed by atoms with E-state index in [-0.39, 0.29) is 6.61 Å². The summed E-state index contributed by atoms with van der Waals surface area (Å²) in [6.45, 7) is 13.1. The number of hydrogen-bond donors (Lipinski definition) is 3. The molecule has 1 aromatic heterocycles. The quantitative estimate of drug-likeness (QED) is 0.250. The maximum Gasteiger partial charge on any atom is 0.407 e. The molecular weight excluding hydrogens is 464 g/mol. The molecule has 0 aliphatic heterocycles. The minimum Gasteiger partial charge on any atom is -0.490 e. The molecular formula is C26H38N4O6. The lowest BCUT2D eigenvalue weighted by molar-refractivity contribution is -0.186. The number of hydrogen-bond acceptors (Lipinski definition) is 9. The first kappa shape index (κ1) is 28.9. The summed E-state index contributed by atoms with van der Waals surface area (Å²) in [5.41, 5.74) is -0.782. The number of anilines is 1. The fourth-order valence-corrected chi connectivity index (χ4v) is 2.83. The molecule has 2 aromatic rings. The molecule has 0 fully saturated rings. The lowest BCUT2D eigenvalue weighted by Gasteiger charge is -2.29. The number of nitrogens with one attached hydrogen (secondary N) is 2. The van der Waals surface area contributed by atoms with E-state index in [1.54, 1.807) is 39.1 Å². The molecule has 36 heavy (non-hydrogen) atoms. The van der Waals surface area contributed by atoms with Crippen LogP contribution in [0.5, 0.6) is 5.75 Å². The van der Waals surface area contributed by atoms with Gasteiger partial charge < -0.3 is 24.8 Å². The highest BCUT2D eigenvalue weighted by Crippen LogP contribution is 2.24. The number of carbonyl (C=O) groups excluding carboxylic acids is 2. The van der Waals surface area contributed by atoms with Gasteiger partial charge in [0.15, 0.2) is 0 Å². The predicted molar refractivity (Wildman–Crippen MR) is 137 cm³/mol. The third-order valence-electron chi connectivity index (χ3n) is 4.66. The summed E-state index contributed by atoms with van der Waals surface area (Å²) in [6, 6.07) is 11.1. The number of ether oxygens (including phenoxy) is 3. The van der Waals surface area contributed by atoms with Crippen molar-refractivity contribution >= 4 is 17.9 Å². The van der Waals surface area contributed by atoms with Crippen molar-refractivity contribution in [2.45, 2.75) is 65.3 Å². The molecule has 1 atom stereocenters. The zero-order valence-corrected chi connectivity index (χ0v) is 22.1. The standard InChI is InChI=1S/C26H38N4O6/c1-24(2,3)34-22(31)26(7,36-27)17-33-20-11-8-18(9-12-20)19-10-13-21(30-16-19)28-14-15-29-23(32)35-25(4,5)6/h8-13,16H,14-15,17,27H2,1-7H3,(H,28,30)(H,29,32). The van der Waals surface area contributed by atoms with Crippen LogP contribution in [-0.4, -0.2) is 53.5 Å². The minimum atomic E-state index is -1.44. The Hall–Kier alpha value is -3.37. The average Bonchev–Trinajstić information content (AvgIpc) is 2.79. The van der Waals surface area contributed by atoms with E-state index in [0.29, 0.717) is 24.7 Å². The Kier molecular flexibility index (Phi) is 9.66. The first-order valence-electron chi connectivity index (χ1n) is 11.7. The van der Waals surface area contributed by atoms with Crippen LogP contribution < -0.4 is 21.3 Å². The van der Waals surface area contributed by atoms with Gasteiger partial charge in [-0.25, -0.2) is 20.5 Å². The van der Waals surface area contributed by atoms with Gasteiger partial charge in [-0.05, 0) is 78.3 Å². The van der Waals surface area contributed by atoms with Crippen molar-refractivity contribution in [2.75, 3.05) is 25.0 Å². The maximum absolute atomic E-state index is 12.4. The predicted octanol–water partition coefficient (Wildman–Crippen LogP) is 4.05. The zero-order valence-electron chi connectivity index (χ0n) is 22.1. The summed E-state index contributed by atoms with van der Waals surface area (Å²) in [7, 11) is 0. The van der Waals surface area contributed by atoms with Crippen LogP contribution >= 0.6 is 0 Å². The molecule has 198 valence electrons. The van der Waals surface area contributed by atoms with E-state index >= 15 is 0 Å². The molecule has 0 spiro atoms. The normalized spacial score (nSPS) is 13.3. The summed E-state index contributed by atoms with van der Waals surface area (Å²) in [4.78, 5) is 33.4. The van der Waals surface area contributed by atoms with Crippen molar-refractivity contribution in [2.24, 2.45) is 5.90 Å². The van der Waals surface area contributed by atoms with Gasteiger partial charge in [0.25, 0.3) is 0 Å². The number of carbonyl (C=O) groups is 2. The summed E-state index contributed by atoms with van der Waals surface area (Å²) in [5.74, 6) is 6.00. The SMILES string of the molecule is CC(C)(C)OC(=O)NCCNc1ccc(-c2ccc(OCC(C)(ON)C(=O)OC(C)(C)C)cc2)cn1. The summed E-state index contributed by atoms with van der Waals surface area (Å²) in [6.07, 6.45) is 1.30. The highest BCUT2D eigenvalue weighted by Gasteiger charge is 2.39. The minimum absolute atomic E-state index is 0.109. The third-order valence-corrected chi connectivity index (χ3v) is 4.66. The Labute approximate surface area is 212 Å². The molecule has 0 bridgehead atoms. The average molecular weight is 503 g/mol. The van der Waals surface area contributed by atoms with Gasteiger partial charge >= 0.3 is 12.1 Å². The molecule has 0 radical (unpaired) electrons. The molecule has 10 nitrogen and oxygen atoms in total. The van der Waals surface area contributed by atoms with E-state index < -0.39 is 28.9 Å². The Balaban J connectivity index is 1.86. The van der Waals surface area contributed by atoms with Crippen LogP contribution in [-0.2, 0) is 19.1 Å². The number of alkyl carbamates (subject to hydrolysis) is 1. The molecule has 0 aliphatic carbocycles. The van der Waals surface area contributed by atoms with Gasteiger partial charge in [0, 0.05) is 24.8 Å². The molecule has 4 N–H and O–H groups in total. The van der Waals surface area contributed by atoms with Crippen LogP contribution in [0.25, 0.3) is 11.1 Å². The van der Waals surface area contributed by atoms with Gasteiger partial charge in [-0.2, -0.15) is 0 Å². The lowest BCUT2D eigenvalue weighted by atomic mass is 10.1. The third kappa shape index (κ3) is 9.71. The van der Waals surface area contributed by atoms with E-state index in [1.165, 1.54) is 6.92 Å². The van der Waals surface area contributed by atoms with Gasteiger partial charge in [-0.1, -0.05) is 12.1 Å². The summed E-state index contributed by atoms with van der Waals surface area (Å²) in [5, 5.41) is 5.84. The first-order chi connectivity index (χ1) is 16.7. The Morgan fingerprint density at radius 2 is 1.47 bits per heavy atom. The number of nitrogens with two attached hydrogens (primary N) is 1. The summed E-state index contributed by atoms with van der Waals surface area (Å²) >= 11 is 0. The second kappa shape index (κ2) is 12.0. The van der Waals surface area contributed by atoms with Crippen molar-refractivity contribution in [1.82, 2.24) is 10.3 Å². The topological polar surface area (TPSA) is 134 Å². The number of nitrogens with zero attached hydrogens (tertiary/aromatic N) is 1. The van der Waals surface area contributed by atoms with Crippen molar-refractivity contribution < 1.29 is 28.6 Å². The van der Waals surface area contributed by atoms with E-state index in [0.717, 1.165) is 11.1 Å². The van der Waals surface area contributed by atoms with Crippen LogP contribution in [0.2, 0.25) is 0 Å². The van der Waals surface area contributed by atoms with Crippen molar-refractivity contribution in [3.05, 3.63) is 42.6 Å². The molecule has 2 rings (SSSR count). The Bertz CT molecular complexity index is 997. The second-order valence-electron chi connectivity index (χ2n) is 10.5. The van der Waals surface area contributed by atoms with Crippen LogP contribution in [0, 0.1) is 0 Å². The molecule has 1 aromatic carbocycles. The smallest absolute Gasteiger partial charge is 0.407 e. The monoisotopic (exact) mass is 502 g/mol. The van der Waals surface area contributed by atoms with E-state index in [2.05, 4.69) is 15.6 Å². The fraction of sp³-hybridized carbons (Fsp3) is 0.500. The Morgan fingerprint density at radius 3 is 2.00 bits per heavy atom. The second-order valence-corrected chi connectivity index (χ2v) is 10.5. The zero-order chi connectivity index (χ0) is 27.0. The van der Waals surface area contributed by atoms with E-state index in [4.69, 9.17) is 24.9 Å². The van der Waals surface area contributed by atoms with Gasteiger partial charge in [0.1, 0.15) is 29.4 Å². The highest BCUT2D eigenvalue weighted by atomic mass is 16.7. The number of pyridine rings is 1. The Morgan fingerprint density at radius 1 is 0.861 bits per heavy atom. The summed E-state index contributed by atoms with van der Waals surface area (Å²) < 4.78 is 16.3. The fourth-order valence-electron chi connectivity index (χ4n) is 2.83. The molecule has 0 saturated heterocycles. The molecule has 1 amide bonds. The maximum atomic E-state index is 12.4. The van der Waals surface area contributed by atoms with E-state index in [9.17, 15) is 9.59 Å². The number of amides is 1.